The van der Waals surface area contributed by atoms with Gasteiger partial charge in [-0.2, -0.15) is 19.8 Å². The Balaban J connectivity index is 0. The minimum Gasteiger partial charge on any atom is -0.153 e. The van der Waals surface area contributed by atoms with Crippen molar-refractivity contribution in [2.24, 2.45) is 0 Å². The van der Waals surface area contributed by atoms with Crippen LogP contribution in [0.1, 0.15) is 0 Å². The maximum Gasteiger partial charge on any atom is 0 e. The van der Waals surface area contributed by atoms with Gasteiger partial charge in [0.05, 0.1) is 0 Å². The summed E-state index contributed by atoms with van der Waals surface area (Å²) in [5.41, 5.74) is 0. The van der Waals surface area contributed by atoms with Crippen LogP contribution in [0.25, 0.3) is 0 Å². The Kier molecular flexibility index (Phi) is 174. The zero-order valence-corrected chi connectivity index (χ0v) is 8.43. The second-order valence-corrected chi connectivity index (χ2v) is 0. The quantitative estimate of drug-likeness (QED) is 0.433. The summed E-state index contributed by atoms with van der Waals surface area (Å²) in [6, 6.07) is 0. The van der Waals surface area contributed by atoms with E-state index in [1.54, 1.807) is 0 Å². The first-order chi connectivity index (χ1) is 0. The molecule has 2 atom stereocenters. The van der Waals surface area contributed by atoms with Gasteiger partial charge in [0.25, 0.3) is 0 Å². The molecule has 0 amide bonds. The molecule has 0 fully saturated rings. The Morgan fingerprint density at radius 3 is 0.500 bits per heavy atom. The first-order valence-corrected chi connectivity index (χ1v) is 0. The van der Waals surface area contributed by atoms with Gasteiger partial charge in [0, 0.05) is 39.0 Å². The molecule has 0 saturated carbocycles. The summed E-state index contributed by atoms with van der Waals surface area (Å²) in [7, 11) is 0. The Hall–Kier alpha value is 2.11. The molecule has 0 aliphatic carbocycles. The molecule has 0 nitrogen and oxygen atoms in total. The summed E-state index contributed by atoms with van der Waals surface area (Å²) in [4.78, 5) is 0. The largest absolute Gasteiger partial charge is 0.153 e. The van der Waals surface area contributed by atoms with Gasteiger partial charge in [-0.05, 0) is 0 Å². The molecule has 0 aromatic rings. The smallest absolute Gasteiger partial charge is 0 e. The molecule has 0 rings (SSSR count). The Morgan fingerprint density at radius 2 is 0.500 bits per heavy atom. The first-order valence-electron chi connectivity index (χ1n) is 0. The van der Waals surface area contributed by atoms with Crippen LogP contribution < -0.4 is 0 Å². The third kappa shape index (κ3) is 8.93. The zero-order chi connectivity index (χ0) is 0. The van der Waals surface area contributed by atoms with Crippen LogP contribution in [0.15, 0.2) is 0 Å². The van der Waals surface area contributed by atoms with E-state index in [1.165, 1.54) is 0 Å². The van der Waals surface area contributed by atoms with E-state index in [0.717, 1.165) is 0 Å². The Morgan fingerprint density at radius 1 is 0.500 bits per heavy atom. The van der Waals surface area contributed by atoms with Gasteiger partial charge >= 0.3 is 0 Å². The third-order valence-electron chi connectivity index (χ3n) is 0. The van der Waals surface area contributed by atoms with E-state index in [2.05, 4.69) is 0 Å². The van der Waals surface area contributed by atoms with Crippen molar-refractivity contribution in [1.29, 1.82) is 0 Å². The SMILES string of the molecule is P.P.[Ru].[Ru]. The van der Waals surface area contributed by atoms with Crippen LogP contribution in [0.5, 0.6) is 0 Å². The molecule has 4 heavy (non-hydrogen) atoms. The van der Waals surface area contributed by atoms with Gasteiger partial charge < -0.3 is 0 Å². The van der Waals surface area contributed by atoms with E-state index in [4.69, 9.17) is 0 Å². The molecule has 0 bridgehead atoms. The summed E-state index contributed by atoms with van der Waals surface area (Å²) in [6.45, 7) is 0. The van der Waals surface area contributed by atoms with E-state index >= 15 is 0 Å². The molecule has 0 aromatic heterocycles. The van der Waals surface area contributed by atoms with E-state index in [1.807, 2.05) is 0 Å². The molecule has 2 unspecified atom stereocenters. The third-order valence-corrected chi connectivity index (χ3v) is 0. The van der Waals surface area contributed by atoms with Crippen molar-refractivity contribution in [2.75, 3.05) is 0 Å². The molecular formula is H6P2Ru2. The van der Waals surface area contributed by atoms with Crippen LogP contribution in [-0.2, 0) is 39.0 Å². The minimum absolute atomic E-state index is 0. The summed E-state index contributed by atoms with van der Waals surface area (Å²) in [6.07, 6.45) is 0. The molecule has 0 N–H and O–H groups in total. The predicted molar refractivity (Wildman–Crippen MR) is 22.2 cm³/mol. The van der Waals surface area contributed by atoms with Crippen molar-refractivity contribution in [3.63, 3.8) is 0 Å². The predicted octanol–water partition coefficient (Wildman–Crippen LogP) is 0.111. The van der Waals surface area contributed by atoms with Gasteiger partial charge in [0.1, 0.15) is 0 Å². The first kappa shape index (κ1) is 35.9. The van der Waals surface area contributed by atoms with Crippen molar-refractivity contribution in [2.45, 2.75) is 0 Å². The maximum absolute atomic E-state index is 0. The van der Waals surface area contributed by atoms with Crippen LogP contribution in [0.4, 0.5) is 0 Å². The van der Waals surface area contributed by atoms with Crippen molar-refractivity contribution in [3.05, 3.63) is 0 Å². The molecule has 0 heterocycles. The number of hydrogen-bond acceptors (Lipinski definition) is 0. The maximum atomic E-state index is 0. The van der Waals surface area contributed by atoms with Crippen LogP contribution in [-0.4, -0.2) is 0 Å². The van der Waals surface area contributed by atoms with Crippen molar-refractivity contribution >= 4 is 19.8 Å². The van der Waals surface area contributed by atoms with Crippen molar-refractivity contribution < 1.29 is 39.0 Å². The summed E-state index contributed by atoms with van der Waals surface area (Å²) in [5.74, 6) is 0. The van der Waals surface area contributed by atoms with Gasteiger partial charge in [0.15, 0.2) is 0 Å². The number of rotatable bonds is 0. The molecule has 0 aromatic carbocycles. The summed E-state index contributed by atoms with van der Waals surface area (Å²) >= 11 is 0. The normalized spacial score (nSPS) is 0. The van der Waals surface area contributed by atoms with Gasteiger partial charge in [-0.15, -0.1) is 0 Å². The average molecular weight is 270 g/mol. The van der Waals surface area contributed by atoms with Crippen molar-refractivity contribution in [1.82, 2.24) is 0 Å². The fourth-order valence-electron chi connectivity index (χ4n) is 0. The number of hydrogen-bond donors (Lipinski definition) is 0. The average Bonchev–Trinajstić information content (AvgIpc) is 0. The molecule has 0 saturated heterocycles. The zero-order valence-electron chi connectivity index (χ0n) is 2.12. The van der Waals surface area contributed by atoms with Crippen LogP contribution >= 0.6 is 19.8 Å². The topological polar surface area (TPSA) is 0 Å². The standard InChI is InChI=1S/2H3P.2Ru/h2*1H3;;. The van der Waals surface area contributed by atoms with Gasteiger partial charge in [-0.25, -0.2) is 0 Å². The van der Waals surface area contributed by atoms with Gasteiger partial charge in [-0.3, -0.25) is 0 Å². The second-order valence-electron chi connectivity index (χ2n) is 0. The summed E-state index contributed by atoms with van der Waals surface area (Å²) in [5, 5.41) is 0. The molecule has 0 spiro atoms. The molecule has 0 aliphatic heterocycles. The van der Waals surface area contributed by atoms with E-state index in [0.29, 0.717) is 0 Å². The molecular weight excluding hydrogens is 264 g/mol. The van der Waals surface area contributed by atoms with E-state index in [-0.39, 0.29) is 58.8 Å². The van der Waals surface area contributed by atoms with Crippen molar-refractivity contribution in [3.8, 4) is 0 Å². The van der Waals surface area contributed by atoms with E-state index in [9.17, 15) is 0 Å². The minimum atomic E-state index is 0. The fraction of sp³-hybridized carbons (Fsp3) is 0. The molecule has 0 aliphatic rings. The fourth-order valence-corrected chi connectivity index (χ4v) is 0. The van der Waals surface area contributed by atoms with Gasteiger partial charge in [0.2, 0.25) is 0 Å². The van der Waals surface area contributed by atoms with E-state index < -0.39 is 0 Å². The second kappa shape index (κ2) is 19.4. The Bertz CT molecular complexity index is 4.00. The van der Waals surface area contributed by atoms with Gasteiger partial charge in [-0.1, -0.05) is 0 Å². The molecule has 32 valence electrons. The Labute approximate surface area is 58.6 Å². The van der Waals surface area contributed by atoms with Crippen LogP contribution in [0.3, 0.4) is 0 Å². The summed E-state index contributed by atoms with van der Waals surface area (Å²) < 4.78 is 0. The molecule has 0 radical (unpaired) electrons. The monoisotopic (exact) mass is 272 g/mol. The molecule has 4 heteroatoms. The van der Waals surface area contributed by atoms with Crippen LogP contribution in [0.2, 0.25) is 0 Å². The van der Waals surface area contributed by atoms with Crippen LogP contribution in [0, 0.1) is 0 Å².